The molecule has 2 atom stereocenters. The molecule has 0 bridgehead atoms. The second kappa shape index (κ2) is 42.5. The summed E-state index contributed by atoms with van der Waals surface area (Å²) in [5, 5.41) is 9.64. The number of nitrogens with zero attached hydrogens (tertiary/aromatic N) is 1. The van der Waals surface area contributed by atoms with E-state index in [1.807, 2.05) is 21.1 Å². The molecule has 0 amide bonds. The fourth-order valence-electron chi connectivity index (χ4n) is 7.46. The van der Waals surface area contributed by atoms with E-state index < -0.39 is 18.1 Å². The molecule has 0 heterocycles. The van der Waals surface area contributed by atoms with Crippen molar-refractivity contribution >= 4 is 17.9 Å². The lowest BCUT2D eigenvalue weighted by atomic mass is 10.0. The Hall–Kier alpha value is -2.19. The summed E-state index contributed by atoms with van der Waals surface area (Å²) in [6.07, 6.45) is 48.0. The molecule has 0 rings (SSSR count). The van der Waals surface area contributed by atoms with Gasteiger partial charge < -0.3 is 23.8 Å². The van der Waals surface area contributed by atoms with Crippen molar-refractivity contribution in [3.05, 3.63) is 24.3 Å². The Labute approximate surface area is 364 Å². The van der Waals surface area contributed by atoms with E-state index in [-0.39, 0.29) is 36.2 Å². The van der Waals surface area contributed by atoms with E-state index in [1.165, 1.54) is 135 Å². The van der Waals surface area contributed by atoms with Crippen LogP contribution in [0.1, 0.15) is 232 Å². The Morgan fingerprint density at radius 2 is 0.915 bits per heavy atom. The predicted octanol–water partition coefficient (Wildman–Crippen LogP) is 14.0. The van der Waals surface area contributed by atoms with Crippen molar-refractivity contribution in [1.82, 2.24) is 0 Å². The molecular formula is C51H96NO7+. The van der Waals surface area contributed by atoms with Gasteiger partial charge in [0.1, 0.15) is 6.61 Å². The van der Waals surface area contributed by atoms with Crippen LogP contribution >= 0.6 is 0 Å². The molecular weight excluding hydrogens is 739 g/mol. The standard InChI is InChI=1S/C51H95NO7/c1-6-8-10-12-14-16-18-20-22-23-24-25-26-27-28-30-31-33-35-37-39-41-49(53)58-46-47(45-57-44-43-48(51(55)56)52(3,4)5)59-50(54)42-40-38-36-34-32-29-21-19-17-15-13-11-9-7-2/h13,15,19,21,47-48H,6-12,14,16-18,20,22-46H2,1-5H3/p+1/b15-13-,21-19-. The fraction of sp³-hybridized carbons (Fsp3) is 0.863. The van der Waals surface area contributed by atoms with Gasteiger partial charge in [-0.2, -0.15) is 0 Å². The average molecular weight is 835 g/mol. The van der Waals surface area contributed by atoms with Gasteiger partial charge in [-0.25, -0.2) is 4.79 Å². The number of likely N-dealkylation sites (N-methyl/N-ethyl adjacent to an activating group) is 1. The minimum absolute atomic E-state index is 0.0520. The van der Waals surface area contributed by atoms with Gasteiger partial charge in [-0.1, -0.05) is 199 Å². The molecule has 0 aliphatic rings. The molecule has 59 heavy (non-hydrogen) atoms. The van der Waals surface area contributed by atoms with Crippen molar-refractivity contribution in [3.8, 4) is 0 Å². The van der Waals surface area contributed by atoms with E-state index in [0.29, 0.717) is 19.3 Å². The second-order valence-corrected chi connectivity index (χ2v) is 18.1. The first-order chi connectivity index (χ1) is 28.6. The van der Waals surface area contributed by atoms with Crippen LogP contribution in [0.5, 0.6) is 0 Å². The van der Waals surface area contributed by atoms with Crippen molar-refractivity contribution < 1.29 is 38.2 Å². The van der Waals surface area contributed by atoms with E-state index in [2.05, 4.69) is 38.2 Å². The summed E-state index contributed by atoms with van der Waals surface area (Å²) in [4.78, 5) is 37.1. The van der Waals surface area contributed by atoms with Crippen LogP contribution in [0.4, 0.5) is 0 Å². The summed E-state index contributed by atoms with van der Waals surface area (Å²) in [5.74, 6) is -1.47. The normalized spacial score (nSPS) is 13.0. The van der Waals surface area contributed by atoms with E-state index in [4.69, 9.17) is 14.2 Å². The van der Waals surface area contributed by atoms with Crippen molar-refractivity contribution in [1.29, 1.82) is 0 Å². The van der Waals surface area contributed by atoms with Crippen molar-refractivity contribution in [2.75, 3.05) is 41.0 Å². The Morgan fingerprint density at radius 3 is 1.36 bits per heavy atom. The summed E-state index contributed by atoms with van der Waals surface area (Å²) >= 11 is 0. The van der Waals surface area contributed by atoms with Crippen molar-refractivity contribution in [3.63, 3.8) is 0 Å². The number of carbonyl (C=O) groups is 3. The molecule has 0 aromatic heterocycles. The lowest BCUT2D eigenvalue weighted by Gasteiger charge is -2.31. The van der Waals surface area contributed by atoms with Crippen LogP contribution in [0.3, 0.4) is 0 Å². The van der Waals surface area contributed by atoms with Crippen LogP contribution < -0.4 is 0 Å². The number of allylic oxidation sites excluding steroid dienone is 4. The van der Waals surface area contributed by atoms with Gasteiger partial charge in [0.25, 0.3) is 0 Å². The second-order valence-electron chi connectivity index (χ2n) is 18.1. The molecule has 0 saturated heterocycles. The van der Waals surface area contributed by atoms with E-state index in [1.54, 1.807) is 0 Å². The molecule has 2 unspecified atom stereocenters. The SMILES string of the molecule is CCCC/C=C\C/C=C\CCCCCCCC(=O)OC(COCCC(C(=O)O)[N+](C)(C)C)COC(=O)CCCCCCCCCCCCCCCCCCCCCCC. The van der Waals surface area contributed by atoms with Gasteiger partial charge in [0.05, 0.1) is 34.4 Å². The zero-order chi connectivity index (χ0) is 43.5. The number of hydrogen-bond acceptors (Lipinski definition) is 6. The Bertz CT molecular complexity index is 1020. The first kappa shape index (κ1) is 56.8. The minimum Gasteiger partial charge on any atom is -0.477 e. The maximum atomic E-state index is 12.7. The van der Waals surface area contributed by atoms with Crippen LogP contribution in [0.2, 0.25) is 0 Å². The maximum Gasteiger partial charge on any atom is 0.362 e. The van der Waals surface area contributed by atoms with Crippen molar-refractivity contribution in [2.45, 2.75) is 244 Å². The van der Waals surface area contributed by atoms with Crippen LogP contribution in [0.15, 0.2) is 24.3 Å². The summed E-state index contributed by atoms with van der Waals surface area (Å²) in [6, 6.07) is -0.615. The lowest BCUT2D eigenvalue weighted by molar-refractivity contribution is -0.887. The molecule has 8 heteroatoms. The van der Waals surface area contributed by atoms with Gasteiger partial charge in [0, 0.05) is 19.3 Å². The number of carbonyl (C=O) groups excluding carboxylic acids is 2. The average Bonchev–Trinajstić information content (AvgIpc) is 3.19. The predicted molar refractivity (Wildman–Crippen MR) is 248 cm³/mol. The smallest absolute Gasteiger partial charge is 0.362 e. The molecule has 0 aromatic rings. The third-order valence-electron chi connectivity index (χ3n) is 11.4. The van der Waals surface area contributed by atoms with Gasteiger partial charge in [-0.3, -0.25) is 9.59 Å². The van der Waals surface area contributed by atoms with Crippen LogP contribution in [0, 0.1) is 0 Å². The summed E-state index contributed by atoms with van der Waals surface area (Å²) in [5.41, 5.74) is 0. The molecule has 0 saturated carbocycles. The Balaban J connectivity index is 4.20. The number of carboxylic acids is 1. The number of quaternary nitrogens is 1. The molecule has 8 nitrogen and oxygen atoms in total. The number of aliphatic carboxylic acids is 1. The van der Waals surface area contributed by atoms with Gasteiger partial charge in [0.15, 0.2) is 12.1 Å². The zero-order valence-electron chi connectivity index (χ0n) is 39.5. The third kappa shape index (κ3) is 41.0. The minimum atomic E-state index is -0.875. The fourth-order valence-corrected chi connectivity index (χ4v) is 7.46. The van der Waals surface area contributed by atoms with E-state index in [9.17, 15) is 19.5 Å². The molecule has 0 spiro atoms. The first-order valence-corrected chi connectivity index (χ1v) is 24.9. The summed E-state index contributed by atoms with van der Waals surface area (Å²) in [7, 11) is 5.53. The summed E-state index contributed by atoms with van der Waals surface area (Å²) < 4.78 is 17.3. The van der Waals surface area contributed by atoms with Crippen LogP contribution in [0.25, 0.3) is 0 Å². The summed E-state index contributed by atoms with van der Waals surface area (Å²) in [6.45, 7) is 4.71. The number of unbranched alkanes of at least 4 members (excludes halogenated alkanes) is 27. The quantitative estimate of drug-likeness (QED) is 0.0282. The van der Waals surface area contributed by atoms with Crippen LogP contribution in [-0.4, -0.2) is 80.6 Å². The van der Waals surface area contributed by atoms with Gasteiger partial charge in [-0.15, -0.1) is 0 Å². The van der Waals surface area contributed by atoms with Gasteiger partial charge in [-0.05, 0) is 38.5 Å². The largest absolute Gasteiger partial charge is 0.477 e. The van der Waals surface area contributed by atoms with Crippen LogP contribution in [-0.2, 0) is 28.6 Å². The maximum absolute atomic E-state index is 12.7. The molecule has 0 aliphatic heterocycles. The van der Waals surface area contributed by atoms with Gasteiger partial charge in [0.2, 0.25) is 0 Å². The highest BCUT2D eigenvalue weighted by molar-refractivity contribution is 5.72. The van der Waals surface area contributed by atoms with Gasteiger partial charge >= 0.3 is 17.9 Å². The molecule has 0 fully saturated rings. The number of esters is 2. The Morgan fingerprint density at radius 1 is 0.508 bits per heavy atom. The number of hydrogen-bond donors (Lipinski definition) is 1. The highest BCUT2D eigenvalue weighted by Gasteiger charge is 2.31. The van der Waals surface area contributed by atoms with E-state index >= 15 is 0 Å². The third-order valence-corrected chi connectivity index (χ3v) is 11.4. The van der Waals surface area contributed by atoms with Crippen molar-refractivity contribution in [2.24, 2.45) is 0 Å². The number of rotatable bonds is 45. The molecule has 0 aliphatic carbocycles. The first-order valence-electron chi connectivity index (χ1n) is 24.9. The molecule has 0 radical (unpaired) electrons. The Kier molecular flexibility index (Phi) is 40.9. The highest BCUT2D eigenvalue weighted by atomic mass is 16.6. The lowest BCUT2D eigenvalue weighted by Crippen LogP contribution is -2.50. The van der Waals surface area contributed by atoms with E-state index in [0.717, 1.165) is 64.2 Å². The highest BCUT2D eigenvalue weighted by Crippen LogP contribution is 2.16. The number of carboxylic acid groups (broad SMARTS) is 1. The molecule has 0 aromatic carbocycles. The zero-order valence-corrected chi connectivity index (χ0v) is 39.5. The topological polar surface area (TPSA) is 99.1 Å². The molecule has 1 N–H and O–H groups in total. The monoisotopic (exact) mass is 835 g/mol. The number of ether oxygens (including phenoxy) is 3. The molecule has 346 valence electrons.